The van der Waals surface area contributed by atoms with Crippen LogP contribution in [0.1, 0.15) is 40.7 Å². The molecule has 1 aromatic carbocycles. The summed E-state index contributed by atoms with van der Waals surface area (Å²) in [5.41, 5.74) is 0.265. The summed E-state index contributed by atoms with van der Waals surface area (Å²) in [5.74, 6) is 2.61. The van der Waals surface area contributed by atoms with Crippen LogP contribution in [0.4, 0.5) is 13.2 Å². The number of rotatable bonds is 2. The number of Topliss-reactive ketones (excluding diaryl/α,β-unsaturated/α-hetero) is 1. The number of hydrogen-bond acceptors (Lipinski definition) is 1. The van der Waals surface area contributed by atoms with Gasteiger partial charge in [-0.3, -0.25) is 4.79 Å². The van der Waals surface area contributed by atoms with Gasteiger partial charge < -0.3 is 0 Å². The predicted molar refractivity (Wildman–Crippen MR) is 71.8 cm³/mol. The number of carbonyl (C=O) groups excluding carboxylic acids is 1. The molecule has 4 heteroatoms. The number of benzene rings is 1. The molecule has 1 aromatic rings. The molecule has 21 heavy (non-hydrogen) atoms. The van der Waals surface area contributed by atoms with Gasteiger partial charge in [-0.25, -0.2) is 0 Å². The molecule has 1 nitrogen and oxygen atoms in total. The molecule has 4 unspecified atom stereocenters. The van der Waals surface area contributed by atoms with E-state index < -0.39 is 11.7 Å². The summed E-state index contributed by atoms with van der Waals surface area (Å²) < 4.78 is 38.1. The third-order valence-electron chi connectivity index (χ3n) is 5.86. The fraction of sp³-hybridized carbons (Fsp3) is 0.588. The van der Waals surface area contributed by atoms with E-state index in [4.69, 9.17) is 0 Å². The largest absolute Gasteiger partial charge is 0.416 e. The van der Waals surface area contributed by atoms with Gasteiger partial charge in [0.05, 0.1) is 5.56 Å². The summed E-state index contributed by atoms with van der Waals surface area (Å²) >= 11 is 0. The highest BCUT2D eigenvalue weighted by atomic mass is 19.4. The molecule has 0 saturated heterocycles. The Labute approximate surface area is 121 Å². The Hall–Kier alpha value is -1.32. The molecular weight excluding hydrogens is 277 g/mol. The van der Waals surface area contributed by atoms with E-state index in [1.54, 1.807) is 6.92 Å². The van der Waals surface area contributed by atoms with Crippen molar-refractivity contribution in [3.05, 3.63) is 34.9 Å². The zero-order valence-corrected chi connectivity index (χ0v) is 11.8. The van der Waals surface area contributed by atoms with Gasteiger partial charge in [0.25, 0.3) is 0 Å². The Balaban J connectivity index is 1.59. The maximum absolute atomic E-state index is 12.7. The van der Waals surface area contributed by atoms with E-state index in [0.717, 1.165) is 12.1 Å². The highest BCUT2D eigenvalue weighted by Crippen LogP contribution is 2.70. The second-order valence-corrected chi connectivity index (χ2v) is 6.91. The van der Waals surface area contributed by atoms with Crippen molar-refractivity contribution in [2.24, 2.45) is 29.6 Å². The molecule has 2 bridgehead atoms. The van der Waals surface area contributed by atoms with Crippen LogP contribution in [0.25, 0.3) is 0 Å². The van der Waals surface area contributed by atoms with Crippen LogP contribution in [-0.4, -0.2) is 5.78 Å². The zero-order valence-electron chi connectivity index (χ0n) is 11.8. The van der Waals surface area contributed by atoms with Crippen molar-refractivity contribution in [2.75, 3.05) is 0 Å². The molecule has 3 saturated carbocycles. The molecule has 0 heterocycles. The monoisotopic (exact) mass is 294 g/mol. The number of ketones is 1. The van der Waals surface area contributed by atoms with E-state index >= 15 is 0 Å². The van der Waals surface area contributed by atoms with Crippen molar-refractivity contribution in [1.82, 2.24) is 0 Å². The minimum Gasteiger partial charge on any atom is -0.294 e. The highest BCUT2D eigenvalue weighted by Gasteiger charge is 2.67. The Kier molecular flexibility index (Phi) is 2.61. The summed E-state index contributed by atoms with van der Waals surface area (Å²) in [6.45, 7) is 1.61. The minimum atomic E-state index is -4.35. The first kappa shape index (κ1) is 13.4. The van der Waals surface area contributed by atoms with Gasteiger partial charge in [-0.05, 0) is 67.6 Å². The summed E-state index contributed by atoms with van der Waals surface area (Å²) in [5, 5.41) is 0. The molecule has 0 amide bonds. The number of halogens is 3. The average Bonchev–Trinajstić information content (AvgIpc) is 2.85. The van der Waals surface area contributed by atoms with E-state index in [0.29, 0.717) is 34.8 Å². The Morgan fingerprint density at radius 1 is 1.14 bits per heavy atom. The summed E-state index contributed by atoms with van der Waals surface area (Å²) in [6.07, 6.45) is -0.601. The standard InChI is InChI=1S/C17H17F3O/c1-8-6-11(17(18,19)20)4-5-12(8)16(21)15-13-9-2-3-10(7-9)14(13)15/h4-6,9-10,13-15H,2-3,7H2,1H3. The van der Waals surface area contributed by atoms with Gasteiger partial charge >= 0.3 is 6.18 Å². The first-order chi connectivity index (χ1) is 9.88. The first-order valence-corrected chi connectivity index (χ1v) is 7.60. The molecular formula is C17H17F3O. The van der Waals surface area contributed by atoms with Gasteiger partial charge in [0.2, 0.25) is 0 Å². The Morgan fingerprint density at radius 2 is 1.76 bits per heavy atom. The van der Waals surface area contributed by atoms with Crippen LogP contribution in [0.15, 0.2) is 18.2 Å². The van der Waals surface area contributed by atoms with Crippen molar-refractivity contribution in [1.29, 1.82) is 0 Å². The van der Waals surface area contributed by atoms with Crippen molar-refractivity contribution in [2.45, 2.75) is 32.4 Å². The highest BCUT2D eigenvalue weighted by molar-refractivity contribution is 6.01. The van der Waals surface area contributed by atoms with Crippen LogP contribution in [0.2, 0.25) is 0 Å². The fourth-order valence-electron chi connectivity index (χ4n) is 4.97. The van der Waals surface area contributed by atoms with Gasteiger partial charge in [-0.1, -0.05) is 6.07 Å². The predicted octanol–water partition coefficient (Wildman–Crippen LogP) is 4.49. The molecule has 0 radical (unpaired) electrons. The first-order valence-electron chi connectivity index (χ1n) is 7.60. The lowest BCUT2D eigenvalue weighted by atomic mass is 9.93. The maximum Gasteiger partial charge on any atom is 0.416 e. The van der Waals surface area contributed by atoms with Crippen LogP contribution < -0.4 is 0 Å². The van der Waals surface area contributed by atoms with Crippen molar-refractivity contribution < 1.29 is 18.0 Å². The lowest BCUT2D eigenvalue weighted by Gasteiger charge is -2.12. The molecule has 3 fully saturated rings. The van der Waals surface area contributed by atoms with E-state index in [2.05, 4.69) is 0 Å². The summed E-state index contributed by atoms with van der Waals surface area (Å²) in [4.78, 5) is 12.6. The van der Waals surface area contributed by atoms with E-state index in [1.807, 2.05) is 0 Å². The van der Waals surface area contributed by atoms with Gasteiger partial charge in [-0.2, -0.15) is 13.2 Å². The number of fused-ring (bicyclic) bond motifs is 5. The molecule has 0 spiro atoms. The molecule has 3 aliphatic rings. The number of alkyl halides is 3. The molecule has 0 aromatic heterocycles. The van der Waals surface area contributed by atoms with Gasteiger partial charge in [0, 0.05) is 11.5 Å². The quantitative estimate of drug-likeness (QED) is 0.735. The van der Waals surface area contributed by atoms with Crippen molar-refractivity contribution >= 4 is 5.78 Å². The SMILES string of the molecule is Cc1cc(C(F)(F)F)ccc1C(=O)C1C2C3CCC(C3)C12. The normalized spacial score (nSPS) is 36.7. The van der Waals surface area contributed by atoms with E-state index in [1.165, 1.54) is 25.3 Å². The smallest absolute Gasteiger partial charge is 0.294 e. The van der Waals surface area contributed by atoms with Crippen LogP contribution >= 0.6 is 0 Å². The van der Waals surface area contributed by atoms with Gasteiger partial charge in [-0.15, -0.1) is 0 Å². The lowest BCUT2D eigenvalue weighted by Crippen LogP contribution is -2.13. The topological polar surface area (TPSA) is 17.1 Å². The van der Waals surface area contributed by atoms with Crippen molar-refractivity contribution in [3.63, 3.8) is 0 Å². The van der Waals surface area contributed by atoms with Gasteiger partial charge in [0.1, 0.15) is 0 Å². The lowest BCUT2D eigenvalue weighted by molar-refractivity contribution is -0.137. The second-order valence-electron chi connectivity index (χ2n) is 6.91. The third-order valence-corrected chi connectivity index (χ3v) is 5.86. The molecule has 112 valence electrons. The fourth-order valence-corrected chi connectivity index (χ4v) is 4.97. The van der Waals surface area contributed by atoms with Crippen LogP contribution in [0.5, 0.6) is 0 Å². The summed E-state index contributed by atoms with van der Waals surface area (Å²) in [6, 6.07) is 3.50. The second kappa shape index (κ2) is 4.11. The molecule has 0 aliphatic heterocycles. The Morgan fingerprint density at radius 3 is 2.29 bits per heavy atom. The maximum atomic E-state index is 12.7. The van der Waals surface area contributed by atoms with Crippen molar-refractivity contribution in [3.8, 4) is 0 Å². The van der Waals surface area contributed by atoms with E-state index in [9.17, 15) is 18.0 Å². The molecule has 4 atom stereocenters. The average molecular weight is 294 g/mol. The summed E-state index contributed by atoms with van der Waals surface area (Å²) in [7, 11) is 0. The van der Waals surface area contributed by atoms with E-state index in [-0.39, 0.29) is 11.7 Å². The molecule has 4 rings (SSSR count). The number of hydrogen-bond donors (Lipinski definition) is 0. The van der Waals surface area contributed by atoms with Crippen LogP contribution in [0.3, 0.4) is 0 Å². The molecule has 3 aliphatic carbocycles. The number of carbonyl (C=O) groups is 1. The third kappa shape index (κ3) is 1.87. The minimum absolute atomic E-state index is 0.0767. The number of aryl methyl sites for hydroxylation is 1. The van der Waals surface area contributed by atoms with Crippen LogP contribution in [0, 0.1) is 36.5 Å². The molecule has 0 N–H and O–H groups in total. The Bertz CT molecular complexity index is 603. The zero-order chi connectivity index (χ0) is 14.9. The van der Waals surface area contributed by atoms with Gasteiger partial charge in [0.15, 0.2) is 5.78 Å². The van der Waals surface area contributed by atoms with Crippen LogP contribution in [-0.2, 0) is 6.18 Å².